The Morgan fingerprint density at radius 1 is 1.14 bits per heavy atom. The van der Waals surface area contributed by atoms with Crippen LogP contribution in [0.15, 0.2) is 66.3 Å². The van der Waals surface area contributed by atoms with Crippen molar-refractivity contribution in [2.75, 3.05) is 13.1 Å². The van der Waals surface area contributed by atoms with E-state index in [1.807, 2.05) is 12.1 Å². The second-order valence-electron chi connectivity index (χ2n) is 7.20. The molecular formula is C20H22FN5O2S. The highest BCUT2D eigenvalue weighted by Gasteiger charge is 2.40. The molecule has 1 aliphatic rings. The fourth-order valence-electron chi connectivity index (χ4n) is 3.62. The van der Waals surface area contributed by atoms with Gasteiger partial charge in [-0.15, -0.1) is 0 Å². The number of halogens is 1. The van der Waals surface area contributed by atoms with Crippen LogP contribution in [-0.4, -0.2) is 46.4 Å². The van der Waals surface area contributed by atoms with Crippen LogP contribution in [0.3, 0.4) is 0 Å². The van der Waals surface area contributed by atoms with Crippen LogP contribution < -0.4 is 5.32 Å². The highest BCUT2D eigenvalue weighted by atomic mass is 32.2. The van der Waals surface area contributed by atoms with Gasteiger partial charge in [0.25, 0.3) is 10.0 Å². The number of aryl methyl sites for hydroxylation is 1. The molecule has 1 N–H and O–H groups in total. The average Bonchev–Trinajstić information content (AvgIpc) is 3.35. The van der Waals surface area contributed by atoms with Crippen LogP contribution in [0.2, 0.25) is 0 Å². The standard InChI is InChI=1S/C20H22FN5O2S/c1-25-13-20(24-14-25)29(27,28)26-11-18(16-2-4-17(21)5-3-16)19(12-26)23-10-15-6-8-22-9-7-15/h2-9,13-14,18-19,23H,10-12H2,1H3. The van der Waals surface area contributed by atoms with E-state index in [9.17, 15) is 12.8 Å². The summed E-state index contributed by atoms with van der Waals surface area (Å²) in [6, 6.07) is 9.97. The molecule has 3 aromatic rings. The first-order valence-corrected chi connectivity index (χ1v) is 10.7. The molecule has 4 rings (SSSR count). The molecule has 0 spiro atoms. The Morgan fingerprint density at radius 3 is 2.52 bits per heavy atom. The monoisotopic (exact) mass is 415 g/mol. The van der Waals surface area contributed by atoms with E-state index in [2.05, 4.69) is 15.3 Å². The molecule has 1 aromatic carbocycles. The largest absolute Gasteiger partial charge is 0.339 e. The van der Waals surface area contributed by atoms with Crippen molar-refractivity contribution < 1.29 is 12.8 Å². The number of sulfonamides is 1. The second-order valence-corrected chi connectivity index (χ2v) is 9.09. The number of aromatic nitrogens is 3. The zero-order valence-electron chi connectivity index (χ0n) is 15.9. The molecule has 0 aliphatic carbocycles. The predicted molar refractivity (Wildman–Crippen MR) is 106 cm³/mol. The Kier molecular flexibility index (Phi) is 5.44. The minimum atomic E-state index is -3.71. The van der Waals surface area contributed by atoms with Crippen molar-refractivity contribution in [3.05, 3.63) is 78.3 Å². The van der Waals surface area contributed by atoms with E-state index < -0.39 is 10.0 Å². The molecule has 1 aliphatic heterocycles. The lowest BCUT2D eigenvalue weighted by molar-refractivity contribution is 0.454. The quantitative estimate of drug-likeness (QED) is 0.665. The van der Waals surface area contributed by atoms with Gasteiger partial charge >= 0.3 is 0 Å². The minimum Gasteiger partial charge on any atom is -0.339 e. The number of nitrogens with one attached hydrogen (secondary N) is 1. The summed E-state index contributed by atoms with van der Waals surface area (Å²) in [5.74, 6) is -0.415. The van der Waals surface area contributed by atoms with Crippen LogP contribution in [0.25, 0.3) is 0 Å². The summed E-state index contributed by atoms with van der Waals surface area (Å²) in [7, 11) is -1.97. The van der Waals surface area contributed by atoms with Crippen LogP contribution in [0, 0.1) is 5.82 Å². The van der Waals surface area contributed by atoms with Gasteiger partial charge in [-0.2, -0.15) is 4.31 Å². The highest BCUT2D eigenvalue weighted by molar-refractivity contribution is 7.89. The summed E-state index contributed by atoms with van der Waals surface area (Å²) in [6.07, 6.45) is 6.42. The summed E-state index contributed by atoms with van der Waals surface area (Å²) < 4.78 is 42.6. The van der Waals surface area contributed by atoms with Crippen LogP contribution in [-0.2, 0) is 23.6 Å². The molecule has 0 radical (unpaired) electrons. The van der Waals surface area contributed by atoms with Crippen molar-refractivity contribution in [3.63, 3.8) is 0 Å². The molecule has 1 saturated heterocycles. The lowest BCUT2D eigenvalue weighted by atomic mass is 9.94. The molecule has 2 unspecified atom stereocenters. The van der Waals surface area contributed by atoms with Crippen molar-refractivity contribution in [2.45, 2.75) is 23.5 Å². The number of benzene rings is 1. The van der Waals surface area contributed by atoms with Crippen molar-refractivity contribution in [2.24, 2.45) is 7.05 Å². The van der Waals surface area contributed by atoms with Gasteiger partial charge in [-0.3, -0.25) is 4.98 Å². The number of imidazole rings is 1. The minimum absolute atomic E-state index is 0.0349. The van der Waals surface area contributed by atoms with Gasteiger partial charge in [0, 0.05) is 57.2 Å². The first kappa shape index (κ1) is 19.7. The van der Waals surface area contributed by atoms with Crippen LogP contribution >= 0.6 is 0 Å². The maximum Gasteiger partial charge on any atom is 0.262 e. The third kappa shape index (κ3) is 4.21. The molecule has 152 valence electrons. The molecule has 0 bridgehead atoms. The Bertz CT molecular complexity index is 1070. The topological polar surface area (TPSA) is 80.1 Å². The summed E-state index contributed by atoms with van der Waals surface area (Å²) in [5, 5.41) is 3.50. The van der Waals surface area contributed by atoms with E-state index in [1.54, 1.807) is 36.1 Å². The van der Waals surface area contributed by atoms with Crippen molar-refractivity contribution in [3.8, 4) is 0 Å². The van der Waals surface area contributed by atoms with Gasteiger partial charge in [0.05, 0.1) is 6.33 Å². The molecule has 9 heteroatoms. The Morgan fingerprint density at radius 2 is 1.86 bits per heavy atom. The molecular weight excluding hydrogens is 393 g/mol. The van der Waals surface area contributed by atoms with Gasteiger partial charge in [0.15, 0.2) is 5.03 Å². The Labute approximate surface area is 169 Å². The SMILES string of the molecule is Cn1cnc(S(=O)(=O)N2CC(NCc3ccncc3)C(c3ccc(F)cc3)C2)c1. The third-order valence-corrected chi connectivity index (χ3v) is 6.91. The van der Waals surface area contributed by atoms with Crippen LogP contribution in [0.5, 0.6) is 0 Å². The molecule has 29 heavy (non-hydrogen) atoms. The Hall–Kier alpha value is -2.62. The van der Waals surface area contributed by atoms with Crippen molar-refractivity contribution in [1.82, 2.24) is 24.2 Å². The number of hydrogen-bond donors (Lipinski definition) is 1. The molecule has 2 atom stereocenters. The number of nitrogens with zero attached hydrogens (tertiary/aromatic N) is 4. The maximum absolute atomic E-state index is 13.4. The van der Waals surface area contributed by atoms with E-state index in [-0.39, 0.29) is 22.8 Å². The van der Waals surface area contributed by atoms with E-state index in [0.717, 1.165) is 11.1 Å². The zero-order chi connectivity index (χ0) is 20.4. The van der Waals surface area contributed by atoms with Gasteiger partial charge in [0.1, 0.15) is 5.82 Å². The molecule has 7 nitrogen and oxygen atoms in total. The predicted octanol–water partition coefficient (Wildman–Crippen LogP) is 1.90. The van der Waals surface area contributed by atoms with Crippen LogP contribution in [0.1, 0.15) is 17.0 Å². The second kappa shape index (κ2) is 8.02. The summed E-state index contributed by atoms with van der Waals surface area (Å²) in [6.45, 7) is 1.20. The van der Waals surface area contributed by atoms with E-state index >= 15 is 0 Å². The summed E-state index contributed by atoms with van der Waals surface area (Å²) >= 11 is 0. The van der Waals surface area contributed by atoms with Gasteiger partial charge in [-0.1, -0.05) is 12.1 Å². The third-order valence-electron chi connectivity index (χ3n) is 5.19. The smallest absolute Gasteiger partial charge is 0.262 e. The fourth-order valence-corrected chi connectivity index (χ4v) is 5.08. The number of pyridine rings is 1. The first-order valence-electron chi connectivity index (χ1n) is 9.29. The van der Waals surface area contributed by atoms with Crippen molar-refractivity contribution in [1.29, 1.82) is 0 Å². The fraction of sp³-hybridized carbons (Fsp3) is 0.300. The molecule has 0 saturated carbocycles. The van der Waals surface area contributed by atoms with Gasteiger partial charge < -0.3 is 9.88 Å². The maximum atomic E-state index is 13.4. The van der Waals surface area contributed by atoms with Crippen molar-refractivity contribution >= 4 is 10.0 Å². The normalized spacial score (nSPS) is 20.2. The molecule has 2 aromatic heterocycles. The van der Waals surface area contributed by atoms with Gasteiger partial charge in [0.2, 0.25) is 0 Å². The molecule has 1 fully saturated rings. The van der Waals surface area contributed by atoms with Crippen LogP contribution in [0.4, 0.5) is 4.39 Å². The lowest BCUT2D eigenvalue weighted by Gasteiger charge is -2.20. The number of hydrogen-bond acceptors (Lipinski definition) is 5. The molecule has 0 amide bonds. The average molecular weight is 415 g/mol. The van der Waals surface area contributed by atoms with Gasteiger partial charge in [-0.05, 0) is 35.4 Å². The summed E-state index contributed by atoms with van der Waals surface area (Å²) in [5.41, 5.74) is 1.96. The summed E-state index contributed by atoms with van der Waals surface area (Å²) in [4.78, 5) is 8.03. The number of rotatable bonds is 6. The lowest BCUT2D eigenvalue weighted by Crippen LogP contribution is -2.36. The highest BCUT2D eigenvalue weighted by Crippen LogP contribution is 2.31. The molecule has 3 heterocycles. The van der Waals surface area contributed by atoms with E-state index in [0.29, 0.717) is 19.6 Å². The Balaban J connectivity index is 1.59. The first-order chi connectivity index (χ1) is 13.9. The van der Waals surface area contributed by atoms with Gasteiger partial charge in [-0.25, -0.2) is 17.8 Å². The van der Waals surface area contributed by atoms with E-state index in [1.165, 1.54) is 29.0 Å². The van der Waals surface area contributed by atoms with E-state index in [4.69, 9.17) is 0 Å². The zero-order valence-corrected chi connectivity index (χ0v) is 16.8.